The Morgan fingerprint density at radius 2 is 1.00 bits per heavy atom. The van der Waals surface area contributed by atoms with Crippen LogP contribution in [-0.2, 0) is 34.4 Å². The predicted molar refractivity (Wildman–Crippen MR) is 15.7 cm³/mol. The summed E-state index contributed by atoms with van der Waals surface area (Å²) >= 11 is 0. The van der Waals surface area contributed by atoms with E-state index in [9.17, 15) is 0 Å². The van der Waals surface area contributed by atoms with Crippen LogP contribution in [0.1, 0.15) is 0 Å². The second-order valence-electron chi connectivity index (χ2n) is 0. The van der Waals surface area contributed by atoms with Crippen molar-refractivity contribution in [1.29, 1.82) is 0 Å². The molecule has 0 aromatic carbocycles. The van der Waals surface area contributed by atoms with Crippen molar-refractivity contribution in [1.82, 2.24) is 0 Å². The SMILES string of the molecule is [CaH2].[Cr].[Fe].[KH]. The van der Waals surface area contributed by atoms with Crippen molar-refractivity contribution in [2.45, 2.75) is 0 Å². The van der Waals surface area contributed by atoms with E-state index in [2.05, 4.69) is 0 Å². The Hall–Kier alpha value is 3.95. The fourth-order valence-corrected chi connectivity index (χ4v) is 0. The first-order valence-corrected chi connectivity index (χ1v) is 0. The molecule has 0 atom stereocenters. The third kappa shape index (κ3) is 9.34. The zero-order valence-corrected chi connectivity index (χ0v) is 3.14. The molecular formula is H3CaCrFeK. The van der Waals surface area contributed by atoms with Crippen LogP contribution in [0.15, 0.2) is 0 Å². The fraction of sp³-hybridized carbons (Fsp3) is 0. The Morgan fingerprint density at radius 3 is 1.00 bits per heavy atom. The van der Waals surface area contributed by atoms with Crippen LogP contribution in [0.2, 0.25) is 0 Å². The van der Waals surface area contributed by atoms with Gasteiger partial charge in [-0.2, -0.15) is 0 Å². The predicted octanol–water partition coefficient (Wildman–Crippen LogP) is -1.57. The summed E-state index contributed by atoms with van der Waals surface area (Å²) in [6, 6.07) is 0. The molecule has 0 bridgehead atoms. The van der Waals surface area contributed by atoms with E-state index in [1.807, 2.05) is 0 Å². The van der Waals surface area contributed by atoms with Gasteiger partial charge in [-0.05, 0) is 0 Å². The Kier molecular flexibility index (Phi) is 97.1. The van der Waals surface area contributed by atoms with Crippen LogP contribution in [0.4, 0.5) is 0 Å². The van der Waals surface area contributed by atoms with Gasteiger partial charge in [0.1, 0.15) is 0 Å². The Bertz CT molecular complexity index is 8.00. The third-order valence-corrected chi connectivity index (χ3v) is 0. The van der Waals surface area contributed by atoms with Crippen molar-refractivity contribution < 1.29 is 34.4 Å². The second-order valence-corrected chi connectivity index (χ2v) is 0. The first-order valence-electron chi connectivity index (χ1n) is 0. The molecule has 0 aromatic heterocycles. The molecule has 0 heterocycles. The van der Waals surface area contributed by atoms with Gasteiger partial charge in [-0.15, -0.1) is 0 Å². The molecule has 0 fully saturated rings. The first kappa shape index (κ1) is 24.6. The number of rotatable bonds is 0. The summed E-state index contributed by atoms with van der Waals surface area (Å²) in [5.41, 5.74) is 0. The summed E-state index contributed by atoms with van der Waals surface area (Å²) < 4.78 is 0. The normalized spacial score (nSPS) is 0. The summed E-state index contributed by atoms with van der Waals surface area (Å²) in [5, 5.41) is 0. The van der Waals surface area contributed by atoms with E-state index in [4.69, 9.17) is 0 Å². The summed E-state index contributed by atoms with van der Waals surface area (Å²) in [6.45, 7) is 0. The molecule has 0 rings (SSSR count). The van der Waals surface area contributed by atoms with E-state index in [1.165, 1.54) is 0 Å². The summed E-state index contributed by atoms with van der Waals surface area (Å²) in [5.74, 6) is 0. The minimum absolute atomic E-state index is 0. The Balaban J connectivity index is 0. The topological polar surface area (TPSA) is 0 Å². The van der Waals surface area contributed by atoms with Gasteiger partial charge in [-0.3, -0.25) is 0 Å². The Labute approximate surface area is 120 Å². The molecule has 0 saturated carbocycles. The van der Waals surface area contributed by atoms with E-state index in [1.54, 1.807) is 0 Å². The number of hydrogen-bond acceptors (Lipinski definition) is 0. The zero-order valence-electron chi connectivity index (χ0n) is 0.762. The third-order valence-electron chi connectivity index (χ3n) is 0. The molecule has 0 aliphatic carbocycles. The van der Waals surface area contributed by atoms with Gasteiger partial charge in [0.2, 0.25) is 0 Å². The summed E-state index contributed by atoms with van der Waals surface area (Å²) in [6.07, 6.45) is 0. The molecule has 0 aromatic rings. The van der Waals surface area contributed by atoms with Crippen LogP contribution < -0.4 is 0 Å². The first-order chi connectivity index (χ1) is 0. The monoisotopic (exact) mass is 190 g/mol. The quantitative estimate of drug-likeness (QED) is 0.405. The van der Waals surface area contributed by atoms with Crippen molar-refractivity contribution in [3.05, 3.63) is 0 Å². The standard InChI is InChI=1S/Ca.Cr.Fe.K.3H. The molecule has 0 spiro atoms. The molecule has 4 heavy (non-hydrogen) atoms. The van der Waals surface area contributed by atoms with Gasteiger partial charge in [0.05, 0.1) is 0 Å². The molecule has 0 radical (unpaired) electrons. The fourth-order valence-electron chi connectivity index (χ4n) is 0. The van der Waals surface area contributed by atoms with Gasteiger partial charge in [-0.25, -0.2) is 0 Å². The zero-order chi connectivity index (χ0) is 0. The van der Waals surface area contributed by atoms with Crippen LogP contribution in [-0.4, -0.2) is 89.1 Å². The molecule has 0 N–H and O–H groups in total. The maximum atomic E-state index is 0. The average molecular weight is 190 g/mol. The van der Waals surface area contributed by atoms with Gasteiger partial charge in [0.15, 0.2) is 0 Å². The average Bonchev–Trinajstić information content (AvgIpc) is 0. The van der Waals surface area contributed by atoms with Crippen LogP contribution in [0.3, 0.4) is 0 Å². The van der Waals surface area contributed by atoms with E-state index in [0.29, 0.717) is 0 Å². The van der Waals surface area contributed by atoms with Gasteiger partial charge in [0.25, 0.3) is 0 Å². The molecule has 0 aliphatic rings. The Morgan fingerprint density at radius 1 is 1.00 bits per heavy atom. The maximum absolute atomic E-state index is 0. The van der Waals surface area contributed by atoms with E-state index < -0.39 is 0 Å². The molecule has 0 saturated heterocycles. The van der Waals surface area contributed by atoms with E-state index in [0.717, 1.165) is 0 Å². The van der Waals surface area contributed by atoms with Crippen molar-refractivity contribution in [3.8, 4) is 0 Å². The molecule has 0 aliphatic heterocycles. The molecule has 0 unspecified atom stereocenters. The molecule has 4 heteroatoms. The van der Waals surface area contributed by atoms with E-state index in [-0.39, 0.29) is 124 Å². The summed E-state index contributed by atoms with van der Waals surface area (Å²) in [7, 11) is 0. The molecule has 0 nitrogen and oxygen atoms in total. The number of hydrogen-bond donors (Lipinski definition) is 0. The molecule has 0 amide bonds. The van der Waals surface area contributed by atoms with Crippen LogP contribution in [0, 0.1) is 0 Å². The van der Waals surface area contributed by atoms with Crippen molar-refractivity contribution in [2.75, 3.05) is 0 Å². The molecule has 20 valence electrons. The second kappa shape index (κ2) is 15.8. The summed E-state index contributed by atoms with van der Waals surface area (Å²) in [4.78, 5) is 0. The van der Waals surface area contributed by atoms with Gasteiger partial charge >= 0.3 is 89.1 Å². The van der Waals surface area contributed by atoms with Crippen LogP contribution in [0.25, 0.3) is 0 Å². The molecular weight excluding hydrogens is 187 g/mol. The van der Waals surface area contributed by atoms with Gasteiger partial charge in [0, 0.05) is 34.4 Å². The van der Waals surface area contributed by atoms with Crippen LogP contribution >= 0.6 is 0 Å². The van der Waals surface area contributed by atoms with Crippen molar-refractivity contribution in [2.24, 2.45) is 0 Å². The van der Waals surface area contributed by atoms with Crippen LogP contribution in [0.5, 0.6) is 0 Å². The van der Waals surface area contributed by atoms with Gasteiger partial charge in [-0.1, -0.05) is 0 Å². The van der Waals surface area contributed by atoms with Crippen molar-refractivity contribution in [3.63, 3.8) is 0 Å². The van der Waals surface area contributed by atoms with E-state index >= 15 is 0 Å². The van der Waals surface area contributed by atoms with Crippen molar-refractivity contribution >= 4 is 89.1 Å². The van der Waals surface area contributed by atoms with Gasteiger partial charge < -0.3 is 0 Å². The minimum atomic E-state index is 0.